The number of rotatable bonds is 3. The Bertz CT molecular complexity index is 443. The minimum atomic E-state index is -1.05. The Kier molecular flexibility index (Phi) is 2.62. The average Bonchev–Trinajstić information content (AvgIpc) is 2.50. The van der Waals surface area contributed by atoms with Gasteiger partial charge in [0.25, 0.3) is 5.91 Å². The highest BCUT2D eigenvalue weighted by atomic mass is 16.5. The molecule has 84 valence electrons. The van der Waals surface area contributed by atoms with Crippen molar-refractivity contribution in [2.75, 3.05) is 13.7 Å². The number of carboxylic acid groups (broad SMARTS) is 1. The summed E-state index contributed by atoms with van der Waals surface area (Å²) in [7, 11) is 1.59. The number of benzene rings is 1. The van der Waals surface area contributed by atoms with Gasteiger partial charge in [0, 0.05) is 18.2 Å². The molecule has 0 spiro atoms. The smallest absolute Gasteiger partial charge is 0.329 e. The van der Waals surface area contributed by atoms with Crippen LogP contribution in [0.5, 0.6) is 0 Å². The molecule has 0 saturated heterocycles. The van der Waals surface area contributed by atoms with Gasteiger partial charge in [-0.25, -0.2) is 4.79 Å². The molecule has 0 radical (unpaired) electrons. The quantitative estimate of drug-likeness (QED) is 0.822. The first kappa shape index (κ1) is 10.6. The van der Waals surface area contributed by atoms with Crippen molar-refractivity contribution in [2.24, 2.45) is 0 Å². The summed E-state index contributed by atoms with van der Waals surface area (Å²) in [5.74, 6) is -1.20. The Morgan fingerprint density at radius 2 is 2.19 bits per heavy atom. The normalized spacial score (nSPS) is 18.7. The topological polar surface area (TPSA) is 66.8 Å². The molecule has 1 aliphatic rings. The van der Waals surface area contributed by atoms with Crippen molar-refractivity contribution in [2.45, 2.75) is 6.23 Å². The number of carbonyl (C=O) groups excluding carboxylic acids is 1. The zero-order valence-electron chi connectivity index (χ0n) is 8.71. The van der Waals surface area contributed by atoms with Crippen molar-refractivity contribution in [1.29, 1.82) is 0 Å². The van der Waals surface area contributed by atoms with E-state index in [1.165, 1.54) is 4.90 Å². The highest BCUT2D eigenvalue weighted by Gasteiger charge is 2.34. The lowest BCUT2D eigenvalue weighted by Gasteiger charge is -2.19. The third kappa shape index (κ3) is 1.65. The molecule has 0 aromatic heterocycles. The summed E-state index contributed by atoms with van der Waals surface area (Å²) < 4.78 is 5.18. The number of nitrogens with zero attached hydrogens (tertiary/aromatic N) is 1. The second kappa shape index (κ2) is 3.94. The SMILES string of the molecule is CN1C(=O)c2ccccc2[C@@H]1OCC(=O)O. The van der Waals surface area contributed by atoms with Gasteiger partial charge < -0.3 is 14.7 Å². The molecule has 1 aromatic carbocycles. The van der Waals surface area contributed by atoms with Crippen molar-refractivity contribution in [3.63, 3.8) is 0 Å². The fraction of sp³-hybridized carbons (Fsp3) is 0.273. The van der Waals surface area contributed by atoms with E-state index in [4.69, 9.17) is 9.84 Å². The third-order valence-electron chi connectivity index (χ3n) is 2.49. The summed E-state index contributed by atoms with van der Waals surface area (Å²) >= 11 is 0. The summed E-state index contributed by atoms with van der Waals surface area (Å²) in [5, 5.41) is 8.55. The molecular formula is C11H11NO4. The van der Waals surface area contributed by atoms with Crippen LogP contribution >= 0.6 is 0 Å². The number of amides is 1. The van der Waals surface area contributed by atoms with Gasteiger partial charge in [-0.05, 0) is 6.07 Å². The van der Waals surface area contributed by atoms with Crippen LogP contribution in [-0.2, 0) is 9.53 Å². The van der Waals surface area contributed by atoms with Crippen molar-refractivity contribution in [3.8, 4) is 0 Å². The number of hydrogen-bond donors (Lipinski definition) is 1. The predicted molar refractivity (Wildman–Crippen MR) is 54.9 cm³/mol. The number of hydrogen-bond acceptors (Lipinski definition) is 3. The number of aliphatic carboxylic acids is 1. The maximum absolute atomic E-state index is 11.8. The van der Waals surface area contributed by atoms with Crippen LogP contribution in [0.1, 0.15) is 22.1 Å². The van der Waals surface area contributed by atoms with Crippen LogP contribution in [0.15, 0.2) is 24.3 Å². The van der Waals surface area contributed by atoms with Gasteiger partial charge in [-0.2, -0.15) is 0 Å². The average molecular weight is 221 g/mol. The number of carbonyl (C=O) groups is 2. The first-order valence-corrected chi connectivity index (χ1v) is 4.80. The Morgan fingerprint density at radius 1 is 1.50 bits per heavy atom. The van der Waals surface area contributed by atoms with E-state index in [1.807, 2.05) is 0 Å². The van der Waals surface area contributed by atoms with Crippen molar-refractivity contribution in [1.82, 2.24) is 4.90 Å². The van der Waals surface area contributed by atoms with Crippen LogP contribution in [-0.4, -0.2) is 35.5 Å². The molecule has 5 nitrogen and oxygen atoms in total. The minimum Gasteiger partial charge on any atom is -0.480 e. The Labute approximate surface area is 92.2 Å². The number of ether oxygens (including phenoxy) is 1. The summed E-state index contributed by atoms with van der Waals surface area (Å²) in [4.78, 5) is 23.6. The predicted octanol–water partition coefficient (Wildman–Crippen LogP) is 0.872. The van der Waals surface area contributed by atoms with Crippen LogP contribution in [0.3, 0.4) is 0 Å². The van der Waals surface area contributed by atoms with Crippen LogP contribution in [0, 0.1) is 0 Å². The van der Waals surface area contributed by atoms with E-state index in [0.29, 0.717) is 5.56 Å². The molecule has 0 aliphatic carbocycles. The Hall–Kier alpha value is -1.88. The monoisotopic (exact) mass is 221 g/mol. The Morgan fingerprint density at radius 3 is 2.88 bits per heavy atom. The molecule has 1 amide bonds. The molecule has 0 fully saturated rings. The highest BCUT2D eigenvalue weighted by Crippen LogP contribution is 2.32. The summed E-state index contributed by atoms with van der Waals surface area (Å²) in [6, 6.07) is 7.04. The van der Waals surface area contributed by atoms with Gasteiger partial charge in [0.2, 0.25) is 0 Å². The van der Waals surface area contributed by atoms with Gasteiger partial charge in [0.05, 0.1) is 0 Å². The fourth-order valence-corrected chi connectivity index (χ4v) is 1.76. The van der Waals surface area contributed by atoms with Crippen molar-refractivity contribution < 1.29 is 19.4 Å². The van der Waals surface area contributed by atoms with E-state index in [2.05, 4.69) is 0 Å². The first-order valence-electron chi connectivity index (χ1n) is 4.80. The van der Waals surface area contributed by atoms with E-state index < -0.39 is 18.8 Å². The molecule has 0 unspecified atom stereocenters. The summed E-state index contributed by atoms with van der Waals surface area (Å²) in [6.07, 6.45) is -0.597. The third-order valence-corrected chi connectivity index (χ3v) is 2.49. The molecule has 0 saturated carbocycles. The van der Waals surface area contributed by atoms with E-state index >= 15 is 0 Å². The van der Waals surface area contributed by atoms with Gasteiger partial charge in [-0.1, -0.05) is 18.2 Å². The maximum Gasteiger partial charge on any atom is 0.329 e. The molecule has 1 N–H and O–H groups in total. The molecule has 2 rings (SSSR count). The van der Waals surface area contributed by atoms with Crippen LogP contribution < -0.4 is 0 Å². The van der Waals surface area contributed by atoms with Gasteiger partial charge in [-0.15, -0.1) is 0 Å². The zero-order valence-corrected chi connectivity index (χ0v) is 8.71. The molecule has 0 bridgehead atoms. The van der Waals surface area contributed by atoms with E-state index in [1.54, 1.807) is 31.3 Å². The highest BCUT2D eigenvalue weighted by molar-refractivity contribution is 5.98. The lowest BCUT2D eigenvalue weighted by molar-refractivity contribution is -0.147. The van der Waals surface area contributed by atoms with E-state index in [-0.39, 0.29) is 5.91 Å². The van der Waals surface area contributed by atoms with Gasteiger partial charge in [-0.3, -0.25) is 4.79 Å². The van der Waals surface area contributed by atoms with E-state index in [9.17, 15) is 9.59 Å². The van der Waals surface area contributed by atoms with E-state index in [0.717, 1.165) is 5.56 Å². The minimum absolute atomic E-state index is 0.147. The fourth-order valence-electron chi connectivity index (χ4n) is 1.76. The number of fused-ring (bicyclic) bond motifs is 1. The maximum atomic E-state index is 11.8. The van der Waals surface area contributed by atoms with Crippen LogP contribution in [0.25, 0.3) is 0 Å². The lowest BCUT2D eigenvalue weighted by atomic mass is 10.1. The molecule has 5 heteroatoms. The zero-order chi connectivity index (χ0) is 11.7. The van der Waals surface area contributed by atoms with Crippen molar-refractivity contribution >= 4 is 11.9 Å². The lowest BCUT2D eigenvalue weighted by Crippen LogP contribution is -2.26. The van der Waals surface area contributed by atoms with Crippen LogP contribution in [0.4, 0.5) is 0 Å². The molecule has 1 aromatic rings. The van der Waals surface area contributed by atoms with Crippen molar-refractivity contribution in [3.05, 3.63) is 35.4 Å². The largest absolute Gasteiger partial charge is 0.480 e. The second-order valence-electron chi connectivity index (χ2n) is 3.56. The van der Waals surface area contributed by atoms with Gasteiger partial charge >= 0.3 is 5.97 Å². The Balaban J connectivity index is 2.26. The number of carboxylic acids is 1. The summed E-state index contributed by atoms with van der Waals surface area (Å²) in [6.45, 7) is -0.420. The summed E-state index contributed by atoms with van der Waals surface area (Å²) in [5.41, 5.74) is 1.29. The molecule has 1 heterocycles. The second-order valence-corrected chi connectivity index (χ2v) is 3.56. The molecule has 1 aliphatic heterocycles. The molecule has 16 heavy (non-hydrogen) atoms. The first-order chi connectivity index (χ1) is 7.61. The van der Waals surface area contributed by atoms with Gasteiger partial charge in [0.1, 0.15) is 6.61 Å². The molecule has 1 atom stereocenters. The van der Waals surface area contributed by atoms with Gasteiger partial charge in [0.15, 0.2) is 6.23 Å². The standard InChI is InChI=1S/C11H11NO4/c1-12-10(15)7-4-2-3-5-8(7)11(12)16-6-9(13)14/h2-5,11H,6H2,1H3,(H,13,14)/t11-/m0/s1. The van der Waals surface area contributed by atoms with Crippen LogP contribution in [0.2, 0.25) is 0 Å². The molecular weight excluding hydrogens is 210 g/mol.